The monoisotopic (exact) mass is 278 g/mol. The average Bonchev–Trinajstić information content (AvgIpc) is 2.74. The molecule has 0 saturated carbocycles. The molecule has 2 rings (SSSR count). The number of benzene rings is 1. The molecular weight excluding hydrogens is 265 g/mol. The lowest BCUT2D eigenvalue weighted by Gasteiger charge is -2.11. The largest absolute Gasteiger partial charge is 0.418 e. The van der Waals surface area contributed by atoms with E-state index in [4.69, 9.17) is 5.26 Å². The highest BCUT2D eigenvalue weighted by atomic mass is 19.4. The Balaban J connectivity index is 2.89. The highest BCUT2D eigenvalue weighted by Gasteiger charge is 2.36. The van der Waals surface area contributed by atoms with Crippen molar-refractivity contribution in [2.75, 3.05) is 0 Å². The molecule has 1 aromatic heterocycles. The molecule has 0 bridgehead atoms. The minimum Gasteiger partial charge on any atom is -0.341 e. The molecule has 0 aliphatic rings. The molecule has 0 spiro atoms. The number of allylic oxidation sites excluding steroid dienone is 1. The number of aromatic nitrogens is 1. The Hall–Kier alpha value is -2.22. The lowest BCUT2D eigenvalue weighted by Crippen LogP contribution is -2.08. The molecule has 0 amide bonds. The van der Waals surface area contributed by atoms with Crippen molar-refractivity contribution in [3.8, 4) is 6.07 Å². The Kier molecular flexibility index (Phi) is 3.58. The molecule has 0 aliphatic heterocycles. The first-order valence-electron chi connectivity index (χ1n) is 6.17. The summed E-state index contributed by atoms with van der Waals surface area (Å²) in [6.07, 6.45) is -2.29. The number of nitriles is 1. The highest BCUT2D eigenvalue weighted by molar-refractivity contribution is 5.87. The van der Waals surface area contributed by atoms with Crippen LogP contribution in [0.2, 0.25) is 0 Å². The van der Waals surface area contributed by atoms with Crippen molar-refractivity contribution in [1.82, 2.24) is 4.57 Å². The first kappa shape index (κ1) is 14.2. The second kappa shape index (κ2) is 5.04. The van der Waals surface area contributed by atoms with Gasteiger partial charge in [0.2, 0.25) is 0 Å². The zero-order chi connectivity index (χ0) is 14.9. The summed E-state index contributed by atoms with van der Waals surface area (Å²) < 4.78 is 41.4. The third kappa shape index (κ3) is 2.18. The van der Waals surface area contributed by atoms with Gasteiger partial charge in [-0.2, -0.15) is 18.4 Å². The predicted octanol–water partition coefficient (Wildman–Crippen LogP) is 4.28. The van der Waals surface area contributed by atoms with Crippen LogP contribution >= 0.6 is 0 Å². The summed E-state index contributed by atoms with van der Waals surface area (Å²) in [5.74, 6) is 0. The van der Waals surface area contributed by atoms with E-state index in [0.717, 1.165) is 5.69 Å². The van der Waals surface area contributed by atoms with Crippen molar-refractivity contribution in [1.29, 1.82) is 5.26 Å². The van der Waals surface area contributed by atoms with E-state index in [2.05, 4.69) is 6.58 Å². The average molecular weight is 278 g/mol. The topological polar surface area (TPSA) is 28.7 Å². The van der Waals surface area contributed by atoms with Crippen LogP contribution in [0.5, 0.6) is 0 Å². The number of fused-ring (bicyclic) bond motifs is 1. The van der Waals surface area contributed by atoms with Crippen LogP contribution in [0.25, 0.3) is 10.9 Å². The zero-order valence-electron chi connectivity index (χ0n) is 11.0. The molecule has 104 valence electrons. The maximum Gasteiger partial charge on any atom is 0.418 e. The van der Waals surface area contributed by atoms with Crippen molar-refractivity contribution >= 4 is 10.9 Å². The van der Waals surface area contributed by atoms with Gasteiger partial charge in [-0.25, -0.2) is 0 Å². The van der Waals surface area contributed by atoms with E-state index < -0.39 is 11.7 Å². The fourth-order valence-electron chi connectivity index (χ4n) is 2.43. The van der Waals surface area contributed by atoms with Crippen molar-refractivity contribution in [2.45, 2.75) is 26.1 Å². The SMILES string of the molecule is C=CCn1c(CC)cc2c(C(F)(F)F)c(C#N)ccc21. The molecule has 20 heavy (non-hydrogen) atoms. The number of nitrogens with zero attached hydrogens (tertiary/aromatic N) is 2. The van der Waals surface area contributed by atoms with Crippen LogP contribution in [0.4, 0.5) is 13.2 Å². The van der Waals surface area contributed by atoms with Crippen molar-refractivity contribution in [2.24, 2.45) is 0 Å². The molecule has 0 fully saturated rings. The summed E-state index contributed by atoms with van der Waals surface area (Å²) >= 11 is 0. The summed E-state index contributed by atoms with van der Waals surface area (Å²) in [5.41, 5.74) is 0.0759. The predicted molar refractivity (Wildman–Crippen MR) is 71.2 cm³/mol. The molecule has 0 unspecified atom stereocenters. The Morgan fingerprint density at radius 2 is 2.10 bits per heavy atom. The maximum absolute atomic E-state index is 13.2. The van der Waals surface area contributed by atoms with E-state index in [9.17, 15) is 13.2 Å². The quantitative estimate of drug-likeness (QED) is 0.770. The fraction of sp³-hybridized carbons (Fsp3) is 0.267. The second-order valence-corrected chi connectivity index (χ2v) is 4.42. The lowest BCUT2D eigenvalue weighted by molar-refractivity contribution is -0.136. The third-order valence-corrected chi connectivity index (χ3v) is 3.25. The molecule has 5 heteroatoms. The van der Waals surface area contributed by atoms with Gasteiger partial charge in [0.25, 0.3) is 0 Å². The minimum atomic E-state index is -4.55. The fourth-order valence-corrected chi connectivity index (χ4v) is 2.43. The number of hydrogen-bond donors (Lipinski definition) is 0. The summed E-state index contributed by atoms with van der Waals surface area (Å²) in [6, 6.07) is 5.93. The van der Waals surface area contributed by atoms with E-state index in [1.807, 2.05) is 6.92 Å². The van der Waals surface area contributed by atoms with E-state index >= 15 is 0 Å². The van der Waals surface area contributed by atoms with E-state index in [-0.39, 0.29) is 10.9 Å². The van der Waals surface area contributed by atoms with Crippen LogP contribution in [0.1, 0.15) is 23.7 Å². The molecule has 1 heterocycles. The standard InChI is InChI=1S/C15H13F3N2/c1-3-7-20-11(4-2)8-12-13(20)6-5-10(9-19)14(12)15(16,17)18/h3,5-6,8H,1,4,7H2,2H3. The minimum absolute atomic E-state index is 0.0789. The molecule has 0 N–H and O–H groups in total. The van der Waals surface area contributed by atoms with Crippen molar-refractivity contribution in [3.63, 3.8) is 0 Å². The van der Waals surface area contributed by atoms with Gasteiger partial charge in [-0.05, 0) is 24.6 Å². The number of halogens is 3. The van der Waals surface area contributed by atoms with E-state index in [1.54, 1.807) is 22.8 Å². The van der Waals surface area contributed by atoms with Crippen LogP contribution in [-0.4, -0.2) is 4.57 Å². The van der Waals surface area contributed by atoms with Crippen LogP contribution in [-0.2, 0) is 19.1 Å². The van der Waals surface area contributed by atoms with Gasteiger partial charge in [-0.3, -0.25) is 0 Å². The van der Waals surface area contributed by atoms with Crippen LogP contribution in [0.15, 0.2) is 30.9 Å². The number of alkyl halides is 3. The maximum atomic E-state index is 13.2. The molecule has 2 aromatic rings. The van der Waals surface area contributed by atoms with Gasteiger partial charge in [-0.15, -0.1) is 6.58 Å². The van der Waals surface area contributed by atoms with Crippen LogP contribution in [0, 0.1) is 11.3 Å². The summed E-state index contributed by atoms with van der Waals surface area (Å²) in [6.45, 7) is 5.95. The molecule has 0 atom stereocenters. The van der Waals surface area contributed by atoms with Gasteiger partial charge < -0.3 is 4.57 Å². The summed E-state index contributed by atoms with van der Waals surface area (Å²) in [4.78, 5) is 0. The third-order valence-electron chi connectivity index (χ3n) is 3.25. The van der Waals surface area contributed by atoms with Gasteiger partial charge in [0.05, 0.1) is 17.2 Å². The number of hydrogen-bond acceptors (Lipinski definition) is 1. The van der Waals surface area contributed by atoms with Gasteiger partial charge in [0.1, 0.15) is 0 Å². The Morgan fingerprint density at radius 3 is 2.60 bits per heavy atom. The van der Waals surface area contributed by atoms with Crippen molar-refractivity contribution in [3.05, 3.63) is 47.7 Å². The smallest absolute Gasteiger partial charge is 0.341 e. The van der Waals surface area contributed by atoms with Crippen molar-refractivity contribution < 1.29 is 13.2 Å². The summed E-state index contributed by atoms with van der Waals surface area (Å²) in [7, 11) is 0. The Labute approximate surface area is 114 Å². The van der Waals surface area contributed by atoms with Gasteiger partial charge >= 0.3 is 6.18 Å². The normalized spacial score (nSPS) is 11.6. The number of rotatable bonds is 3. The van der Waals surface area contributed by atoms with Crippen LogP contribution in [0.3, 0.4) is 0 Å². The zero-order valence-corrected chi connectivity index (χ0v) is 11.0. The Morgan fingerprint density at radius 1 is 1.40 bits per heavy atom. The van der Waals surface area contributed by atoms with Crippen LogP contribution < -0.4 is 0 Å². The van der Waals surface area contributed by atoms with Gasteiger partial charge in [0.15, 0.2) is 0 Å². The lowest BCUT2D eigenvalue weighted by atomic mass is 10.0. The molecule has 0 aliphatic carbocycles. The van der Waals surface area contributed by atoms with Gasteiger partial charge in [-0.1, -0.05) is 13.0 Å². The van der Waals surface area contributed by atoms with E-state index in [1.165, 1.54) is 12.1 Å². The molecule has 1 aromatic carbocycles. The van der Waals surface area contributed by atoms with E-state index in [0.29, 0.717) is 18.5 Å². The first-order valence-corrected chi connectivity index (χ1v) is 6.17. The molecule has 0 radical (unpaired) electrons. The molecule has 0 saturated heterocycles. The molecule has 2 nitrogen and oxygen atoms in total. The number of aryl methyl sites for hydroxylation is 1. The van der Waals surface area contributed by atoms with Gasteiger partial charge in [0, 0.05) is 23.1 Å². The molecular formula is C15H13F3N2. The first-order chi connectivity index (χ1) is 9.43. The highest BCUT2D eigenvalue weighted by Crippen LogP contribution is 2.38. The second-order valence-electron chi connectivity index (χ2n) is 4.42. The Bertz CT molecular complexity index is 702. The summed E-state index contributed by atoms with van der Waals surface area (Å²) in [5, 5.41) is 8.98.